The summed E-state index contributed by atoms with van der Waals surface area (Å²) < 4.78 is 4.81. The Morgan fingerprint density at radius 3 is 3.08 bits per heavy atom. The quantitative estimate of drug-likeness (QED) is 0.312. The van der Waals surface area contributed by atoms with Crippen molar-refractivity contribution in [1.29, 1.82) is 0 Å². The molecular weight excluding hydrogens is 169 g/mol. The molecule has 1 aliphatic heterocycles. The van der Waals surface area contributed by atoms with Gasteiger partial charge >= 0.3 is 5.97 Å². The molecular formula is C8H14BNO3. The van der Waals surface area contributed by atoms with Crippen LogP contribution in [0.3, 0.4) is 0 Å². The maximum atomic E-state index is 11.3. The van der Waals surface area contributed by atoms with E-state index < -0.39 is 5.92 Å². The molecule has 72 valence electrons. The van der Waals surface area contributed by atoms with E-state index in [1.54, 1.807) is 6.92 Å². The number of hydrogen-bond acceptors (Lipinski definition) is 4. The number of carbonyl (C=O) groups excluding carboxylic acids is 2. The smallest absolute Gasteiger partial charge is 0.317 e. The molecule has 0 aromatic rings. The number of carbonyl (C=O) groups is 2. The zero-order valence-corrected chi connectivity index (χ0v) is 8.08. The molecule has 0 aromatic heterocycles. The lowest BCUT2D eigenvalue weighted by Gasteiger charge is -2.27. The fraction of sp³-hybridized carbons (Fsp3) is 0.750. The first-order valence-electron chi connectivity index (χ1n) is 4.53. The standard InChI is InChI=1S/C8H14BNO3/c1-2-13-8(12)6-5-10(9)4-3-7(6)11/h6H,2-5,9H2,1H3. The molecule has 0 radical (unpaired) electrons. The van der Waals surface area contributed by atoms with Crippen LogP contribution < -0.4 is 0 Å². The molecule has 13 heavy (non-hydrogen) atoms. The average Bonchev–Trinajstić information content (AvgIpc) is 2.09. The molecule has 0 amide bonds. The van der Waals surface area contributed by atoms with Gasteiger partial charge in [0, 0.05) is 13.0 Å². The second kappa shape index (κ2) is 4.41. The second-order valence-electron chi connectivity index (χ2n) is 3.28. The Labute approximate surface area is 78.7 Å². The molecule has 1 saturated heterocycles. The van der Waals surface area contributed by atoms with Gasteiger partial charge < -0.3 is 9.55 Å². The summed E-state index contributed by atoms with van der Waals surface area (Å²) in [6, 6.07) is 0. The van der Waals surface area contributed by atoms with Gasteiger partial charge in [-0.2, -0.15) is 0 Å². The van der Waals surface area contributed by atoms with Gasteiger partial charge in [-0.25, -0.2) is 0 Å². The molecule has 5 heteroatoms. The Bertz CT molecular complexity index is 219. The van der Waals surface area contributed by atoms with E-state index >= 15 is 0 Å². The number of hydrogen-bond donors (Lipinski definition) is 0. The maximum absolute atomic E-state index is 11.3. The topological polar surface area (TPSA) is 46.6 Å². The van der Waals surface area contributed by atoms with Crippen LogP contribution in [0.4, 0.5) is 0 Å². The highest BCUT2D eigenvalue weighted by Crippen LogP contribution is 2.12. The number of piperidine rings is 1. The Morgan fingerprint density at radius 1 is 1.77 bits per heavy atom. The Hall–Kier alpha value is -0.835. The van der Waals surface area contributed by atoms with Gasteiger partial charge in [-0.1, -0.05) is 0 Å². The summed E-state index contributed by atoms with van der Waals surface area (Å²) in [5, 5.41) is 0. The zero-order valence-electron chi connectivity index (χ0n) is 8.08. The zero-order chi connectivity index (χ0) is 9.84. The van der Waals surface area contributed by atoms with E-state index in [-0.39, 0.29) is 11.8 Å². The molecule has 0 spiro atoms. The highest BCUT2D eigenvalue weighted by molar-refractivity contribution is 6.07. The molecule has 1 unspecified atom stereocenters. The van der Waals surface area contributed by atoms with E-state index in [1.165, 1.54) is 0 Å². The normalized spacial score (nSPS) is 24.4. The number of nitrogens with zero attached hydrogens (tertiary/aromatic N) is 1. The van der Waals surface area contributed by atoms with E-state index in [0.29, 0.717) is 19.6 Å². The highest BCUT2D eigenvalue weighted by atomic mass is 16.5. The number of Topliss-reactive ketones (excluding diaryl/α,β-unsaturated/α-hetero) is 1. The van der Waals surface area contributed by atoms with Crippen LogP contribution in [-0.4, -0.2) is 44.2 Å². The summed E-state index contributed by atoms with van der Waals surface area (Å²) in [6.45, 7) is 3.33. The van der Waals surface area contributed by atoms with Crippen molar-refractivity contribution in [2.45, 2.75) is 13.3 Å². The van der Waals surface area contributed by atoms with E-state index in [0.717, 1.165) is 6.54 Å². The summed E-state index contributed by atoms with van der Waals surface area (Å²) in [4.78, 5) is 24.6. The lowest BCUT2D eigenvalue weighted by atomic mass is 9.94. The van der Waals surface area contributed by atoms with Crippen LogP contribution in [0, 0.1) is 5.92 Å². The van der Waals surface area contributed by atoms with Crippen molar-refractivity contribution in [3.05, 3.63) is 0 Å². The third-order valence-electron chi connectivity index (χ3n) is 2.19. The van der Waals surface area contributed by atoms with E-state index in [4.69, 9.17) is 4.74 Å². The number of esters is 1. The molecule has 1 atom stereocenters. The van der Waals surface area contributed by atoms with Crippen LogP contribution in [0.15, 0.2) is 0 Å². The minimum absolute atomic E-state index is 0.0107. The van der Waals surface area contributed by atoms with E-state index in [9.17, 15) is 9.59 Å². The molecule has 0 bridgehead atoms. The van der Waals surface area contributed by atoms with Gasteiger partial charge in [-0.15, -0.1) is 0 Å². The highest BCUT2D eigenvalue weighted by Gasteiger charge is 2.31. The Morgan fingerprint density at radius 2 is 2.46 bits per heavy atom. The first-order valence-corrected chi connectivity index (χ1v) is 4.53. The summed E-state index contributed by atoms with van der Waals surface area (Å²) in [5.74, 6) is -0.922. The number of ketones is 1. The van der Waals surface area contributed by atoms with Crippen molar-refractivity contribution in [2.75, 3.05) is 19.7 Å². The monoisotopic (exact) mass is 183 g/mol. The van der Waals surface area contributed by atoms with Crippen molar-refractivity contribution in [3.8, 4) is 0 Å². The predicted molar refractivity (Wildman–Crippen MR) is 49.9 cm³/mol. The third kappa shape index (κ3) is 2.55. The van der Waals surface area contributed by atoms with Gasteiger partial charge in [0.2, 0.25) is 0 Å². The molecule has 1 aliphatic rings. The molecule has 1 heterocycles. The molecule has 1 rings (SSSR count). The molecule has 0 aliphatic carbocycles. The van der Waals surface area contributed by atoms with Crippen LogP contribution in [0.1, 0.15) is 13.3 Å². The summed E-state index contributed by atoms with van der Waals surface area (Å²) in [7, 11) is 1.90. The minimum Gasteiger partial charge on any atom is -0.465 e. The lowest BCUT2D eigenvalue weighted by molar-refractivity contribution is -0.153. The summed E-state index contributed by atoms with van der Waals surface area (Å²) >= 11 is 0. The second-order valence-corrected chi connectivity index (χ2v) is 3.28. The molecule has 0 N–H and O–H groups in total. The van der Waals surface area contributed by atoms with Crippen LogP contribution in [0.25, 0.3) is 0 Å². The first-order chi connectivity index (χ1) is 6.15. The van der Waals surface area contributed by atoms with Crippen molar-refractivity contribution in [2.24, 2.45) is 5.92 Å². The Kier molecular flexibility index (Phi) is 3.48. The predicted octanol–water partition coefficient (Wildman–Crippen LogP) is -1.01. The van der Waals surface area contributed by atoms with Gasteiger partial charge in [0.05, 0.1) is 6.61 Å². The van der Waals surface area contributed by atoms with Gasteiger partial charge in [-0.05, 0) is 13.5 Å². The van der Waals surface area contributed by atoms with Gasteiger partial charge in [0.1, 0.15) is 11.7 Å². The van der Waals surface area contributed by atoms with Gasteiger partial charge in [0.25, 0.3) is 0 Å². The minimum atomic E-state index is -0.557. The van der Waals surface area contributed by atoms with Crippen LogP contribution in [0.5, 0.6) is 0 Å². The maximum Gasteiger partial charge on any atom is 0.317 e. The number of ether oxygens (including phenoxy) is 1. The van der Waals surface area contributed by atoms with Crippen LogP contribution in [-0.2, 0) is 14.3 Å². The fourth-order valence-corrected chi connectivity index (χ4v) is 1.43. The molecule has 0 saturated carbocycles. The average molecular weight is 183 g/mol. The lowest BCUT2D eigenvalue weighted by Crippen LogP contribution is -2.43. The van der Waals surface area contributed by atoms with E-state index in [1.807, 2.05) is 12.8 Å². The van der Waals surface area contributed by atoms with Crippen molar-refractivity contribution in [3.63, 3.8) is 0 Å². The number of rotatable bonds is 2. The molecule has 1 fully saturated rings. The Balaban J connectivity index is 2.55. The molecule has 0 aromatic carbocycles. The van der Waals surface area contributed by atoms with Gasteiger partial charge in [0.15, 0.2) is 7.98 Å². The fourth-order valence-electron chi connectivity index (χ4n) is 1.43. The summed E-state index contributed by atoms with van der Waals surface area (Å²) in [6.07, 6.45) is 0.458. The largest absolute Gasteiger partial charge is 0.465 e. The van der Waals surface area contributed by atoms with Crippen LogP contribution >= 0.6 is 0 Å². The summed E-state index contributed by atoms with van der Waals surface area (Å²) in [5.41, 5.74) is 0. The first kappa shape index (κ1) is 10.2. The van der Waals surface area contributed by atoms with Crippen LogP contribution in [0.2, 0.25) is 0 Å². The SMILES string of the molecule is BN1CCC(=O)C(C(=O)OCC)C1. The van der Waals surface area contributed by atoms with Crippen molar-refractivity contribution in [1.82, 2.24) is 4.81 Å². The third-order valence-corrected chi connectivity index (χ3v) is 2.19. The van der Waals surface area contributed by atoms with Crippen molar-refractivity contribution >= 4 is 19.7 Å². The molecule has 4 nitrogen and oxygen atoms in total. The van der Waals surface area contributed by atoms with E-state index in [2.05, 4.69) is 0 Å². The van der Waals surface area contributed by atoms with Crippen molar-refractivity contribution < 1.29 is 14.3 Å². The van der Waals surface area contributed by atoms with Gasteiger partial charge in [-0.3, -0.25) is 9.59 Å².